The summed E-state index contributed by atoms with van der Waals surface area (Å²) >= 11 is 0. The van der Waals surface area contributed by atoms with E-state index in [0.29, 0.717) is 38.3 Å². The molecule has 2 aliphatic rings. The van der Waals surface area contributed by atoms with E-state index in [-0.39, 0.29) is 6.03 Å². The van der Waals surface area contributed by atoms with E-state index in [4.69, 9.17) is 4.74 Å². The van der Waals surface area contributed by atoms with Gasteiger partial charge in [0.1, 0.15) is 0 Å². The number of carbonyl (C=O) groups excluding carboxylic acids is 1. The topological polar surface area (TPSA) is 44.8 Å². The van der Waals surface area contributed by atoms with Crippen LogP contribution in [0.1, 0.15) is 33.1 Å². The fourth-order valence-corrected chi connectivity index (χ4v) is 3.11. The average Bonchev–Trinajstić information content (AvgIpc) is 2.49. The summed E-state index contributed by atoms with van der Waals surface area (Å²) in [6.07, 6.45) is 3.93. The third-order valence-electron chi connectivity index (χ3n) is 4.39. The lowest BCUT2D eigenvalue weighted by molar-refractivity contribution is 0.0519. The largest absolute Gasteiger partial charge is 0.378 e. The van der Waals surface area contributed by atoms with Crippen LogP contribution in [0.25, 0.3) is 0 Å². The minimum absolute atomic E-state index is 0.0657. The number of nitrogens with zero attached hydrogens (tertiary/aromatic N) is 2. The number of rotatable bonds is 4. The average molecular weight is 283 g/mol. The van der Waals surface area contributed by atoms with E-state index in [9.17, 15) is 4.79 Å². The van der Waals surface area contributed by atoms with Crippen LogP contribution in [0.2, 0.25) is 0 Å². The van der Waals surface area contributed by atoms with Gasteiger partial charge in [0.05, 0.1) is 13.2 Å². The van der Waals surface area contributed by atoms with Crippen molar-refractivity contribution in [1.29, 1.82) is 0 Å². The lowest BCUT2D eigenvalue weighted by Gasteiger charge is -2.37. The molecule has 2 rings (SSSR count). The zero-order chi connectivity index (χ0) is 14.4. The summed E-state index contributed by atoms with van der Waals surface area (Å²) in [4.78, 5) is 16.6. The predicted molar refractivity (Wildman–Crippen MR) is 79.8 cm³/mol. The predicted octanol–water partition coefficient (Wildman–Crippen LogP) is 1.54. The smallest absolute Gasteiger partial charge is 0.317 e. The number of hydrogen-bond donors (Lipinski definition) is 1. The van der Waals surface area contributed by atoms with Crippen molar-refractivity contribution in [3.05, 3.63) is 0 Å². The molecule has 2 amide bonds. The summed E-state index contributed by atoms with van der Waals surface area (Å²) in [6, 6.07) is 0.524. The van der Waals surface area contributed by atoms with Crippen LogP contribution in [0.4, 0.5) is 4.79 Å². The molecule has 1 atom stereocenters. The number of piperidine rings is 1. The minimum atomic E-state index is 0.0657. The van der Waals surface area contributed by atoms with E-state index in [1.54, 1.807) is 0 Å². The summed E-state index contributed by atoms with van der Waals surface area (Å²) in [7, 11) is 0. The van der Waals surface area contributed by atoms with Crippen LogP contribution in [0.15, 0.2) is 0 Å². The van der Waals surface area contributed by atoms with Crippen LogP contribution in [0.5, 0.6) is 0 Å². The van der Waals surface area contributed by atoms with Crippen LogP contribution >= 0.6 is 0 Å². The van der Waals surface area contributed by atoms with Gasteiger partial charge in [-0.3, -0.25) is 4.90 Å². The first-order valence-electron chi connectivity index (χ1n) is 8.03. The number of amides is 2. The normalized spacial score (nSPS) is 22.9. The highest BCUT2D eigenvalue weighted by Gasteiger charge is 2.25. The maximum atomic E-state index is 12.1. The Kier molecular flexibility index (Phi) is 6.10. The molecular weight excluding hydrogens is 254 g/mol. The highest BCUT2D eigenvalue weighted by molar-refractivity contribution is 5.74. The maximum Gasteiger partial charge on any atom is 0.317 e. The van der Waals surface area contributed by atoms with Crippen LogP contribution in [-0.4, -0.2) is 67.8 Å². The van der Waals surface area contributed by atoms with Gasteiger partial charge in [0.2, 0.25) is 0 Å². The molecule has 20 heavy (non-hydrogen) atoms. The first-order valence-corrected chi connectivity index (χ1v) is 8.03. The van der Waals surface area contributed by atoms with Crippen molar-refractivity contribution in [3.63, 3.8) is 0 Å². The standard InChI is InChI=1S/C15H29N3O2/c1-13(2)14(17-6-4-3-5-7-17)12-16-15(19)18-8-10-20-11-9-18/h13-14H,3-12H2,1-2H3,(H,16,19). The molecule has 116 valence electrons. The van der Waals surface area contributed by atoms with E-state index in [1.807, 2.05) is 4.90 Å². The molecule has 2 heterocycles. The quantitative estimate of drug-likeness (QED) is 0.851. The Morgan fingerprint density at radius 2 is 1.75 bits per heavy atom. The Bertz CT molecular complexity index is 297. The summed E-state index contributed by atoms with van der Waals surface area (Å²) < 4.78 is 5.28. The highest BCUT2D eigenvalue weighted by Crippen LogP contribution is 2.17. The second kappa shape index (κ2) is 7.84. The minimum Gasteiger partial charge on any atom is -0.378 e. The first kappa shape index (κ1) is 15.6. The molecule has 2 saturated heterocycles. The van der Waals surface area contributed by atoms with Gasteiger partial charge in [0.25, 0.3) is 0 Å². The molecular formula is C15H29N3O2. The van der Waals surface area contributed by atoms with Crippen molar-refractivity contribution in [1.82, 2.24) is 15.1 Å². The summed E-state index contributed by atoms with van der Waals surface area (Å²) in [5.41, 5.74) is 0. The van der Waals surface area contributed by atoms with Gasteiger partial charge < -0.3 is 15.0 Å². The molecule has 0 aromatic rings. The second-order valence-corrected chi connectivity index (χ2v) is 6.19. The van der Waals surface area contributed by atoms with E-state index in [1.165, 1.54) is 32.4 Å². The van der Waals surface area contributed by atoms with Crippen LogP contribution in [0.3, 0.4) is 0 Å². The van der Waals surface area contributed by atoms with Gasteiger partial charge in [-0.25, -0.2) is 4.79 Å². The number of carbonyl (C=O) groups is 1. The molecule has 5 nitrogen and oxygen atoms in total. The molecule has 0 aromatic carbocycles. The first-order chi connectivity index (χ1) is 9.68. The summed E-state index contributed by atoms with van der Waals surface area (Å²) in [5, 5.41) is 3.12. The van der Waals surface area contributed by atoms with Gasteiger partial charge in [-0.1, -0.05) is 20.3 Å². The fourth-order valence-electron chi connectivity index (χ4n) is 3.11. The van der Waals surface area contributed by atoms with Crippen molar-refractivity contribution in [2.24, 2.45) is 5.92 Å². The number of urea groups is 1. The van der Waals surface area contributed by atoms with Gasteiger partial charge in [-0.15, -0.1) is 0 Å². The molecule has 2 fully saturated rings. The molecule has 0 bridgehead atoms. The van der Waals surface area contributed by atoms with Crippen molar-refractivity contribution in [2.75, 3.05) is 45.9 Å². The fraction of sp³-hybridized carbons (Fsp3) is 0.933. The lowest BCUT2D eigenvalue weighted by atomic mass is 9.99. The highest BCUT2D eigenvalue weighted by atomic mass is 16.5. The number of nitrogens with one attached hydrogen (secondary N) is 1. The monoisotopic (exact) mass is 283 g/mol. The second-order valence-electron chi connectivity index (χ2n) is 6.19. The summed E-state index contributed by atoms with van der Waals surface area (Å²) in [6.45, 7) is 10.4. The van der Waals surface area contributed by atoms with E-state index in [0.717, 1.165) is 6.54 Å². The van der Waals surface area contributed by atoms with Gasteiger partial charge in [-0.2, -0.15) is 0 Å². The van der Waals surface area contributed by atoms with Gasteiger partial charge in [0, 0.05) is 25.7 Å². The number of likely N-dealkylation sites (tertiary alicyclic amines) is 1. The number of hydrogen-bond acceptors (Lipinski definition) is 3. The Morgan fingerprint density at radius 1 is 1.10 bits per heavy atom. The third-order valence-corrected chi connectivity index (χ3v) is 4.39. The zero-order valence-electron chi connectivity index (χ0n) is 12.9. The van der Waals surface area contributed by atoms with Gasteiger partial charge >= 0.3 is 6.03 Å². The molecule has 5 heteroatoms. The van der Waals surface area contributed by atoms with Crippen molar-refractivity contribution >= 4 is 6.03 Å². The van der Waals surface area contributed by atoms with Gasteiger partial charge in [0.15, 0.2) is 0 Å². The van der Waals surface area contributed by atoms with E-state index in [2.05, 4.69) is 24.1 Å². The Balaban J connectivity index is 1.80. The van der Waals surface area contributed by atoms with Crippen molar-refractivity contribution in [2.45, 2.75) is 39.2 Å². The molecule has 0 aromatic heterocycles. The molecule has 0 radical (unpaired) electrons. The SMILES string of the molecule is CC(C)C(CNC(=O)N1CCOCC1)N1CCCCC1. The van der Waals surface area contributed by atoms with Crippen LogP contribution < -0.4 is 5.32 Å². The Morgan fingerprint density at radius 3 is 2.35 bits per heavy atom. The zero-order valence-corrected chi connectivity index (χ0v) is 12.9. The van der Waals surface area contributed by atoms with E-state index < -0.39 is 0 Å². The Labute approximate surface area is 122 Å². The lowest BCUT2D eigenvalue weighted by Crippen LogP contribution is -2.52. The Hall–Kier alpha value is -0.810. The molecule has 0 saturated carbocycles. The molecule has 2 aliphatic heterocycles. The molecule has 0 aliphatic carbocycles. The van der Waals surface area contributed by atoms with Crippen LogP contribution in [0, 0.1) is 5.92 Å². The van der Waals surface area contributed by atoms with E-state index >= 15 is 0 Å². The number of morpholine rings is 1. The van der Waals surface area contributed by atoms with Crippen molar-refractivity contribution in [3.8, 4) is 0 Å². The molecule has 0 spiro atoms. The number of ether oxygens (including phenoxy) is 1. The molecule has 1 unspecified atom stereocenters. The maximum absolute atomic E-state index is 12.1. The molecule has 1 N–H and O–H groups in total. The third kappa shape index (κ3) is 4.35. The van der Waals surface area contributed by atoms with Gasteiger partial charge in [-0.05, 0) is 31.8 Å². The summed E-state index contributed by atoms with van der Waals surface area (Å²) in [5.74, 6) is 0.568. The van der Waals surface area contributed by atoms with Crippen molar-refractivity contribution < 1.29 is 9.53 Å². The van der Waals surface area contributed by atoms with Crippen LogP contribution in [-0.2, 0) is 4.74 Å².